The fourth-order valence-corrected chi connectivity index (χ4v) is 7.02. The van der Waals surface area contributed by atoms with Crippen molar-refractivity contribution in [3.8, 4) is 0 Å². The Morgan fingerprint density at radius 1 is 0.536 bits per heavy atom. The summed E-state index contributed by atoms with van der Waals surface area (Å²) in [7, 11) is 1.16. The summed E-state index contributed by atoms with van der Waals surface area (Å²) in [5.74, 6) is -0.852. The van der Waals surface area contributed by atoms with Crippen LogP contribution in [0.15, 0.2) is 24.3 Å². The van der Waals surface area contributed by atoms with E-state index in [1.807, 2.05) is 21.1 Å². The van der Waals surface area contributed by atoms with Crippen LogP contribution in [-0.2, 0) is 32.7 Å². The number of rotatable bonds is 42. The molecule has 10 heteroatoms. The lowest BCUT2D eigenvalue weighted by Gasteiger charge is -2.28. The van der Waals surface area contributed by atoms with E-state index in [2.05, 4.69) is 38.2 Å². The maximum Gasteiger partial charge on any atom is 0.306 e. The molecule has 0 aromatic heterocycles. The number of hydrogen-bond acceptors (Lipinski definition) is 8. The monoisotopic (exact) mass is 814 g/mol. The van der Waals surface area contributed by atoms with Gasteiger partial charge in [0, 0.05) is 12.8 Å². The average molecular weight is 814 g/mol. The van der Waals surface area contributed by atoms with Crippen molar-refractivity contribution in [3.63, 3.8) is 0 Å². The Bertz CT molecular complexity index is 1010. The minimum atomic E-state index is -4.63. The SMILES string of the molecule is CCCCCCCC/C=C/CCCCCCCCCC(=O)OC[C@H](COP(=O)([O-])OCC[N+](C)(C)C)OC(=O)CCCCC/C=C/CCCCCCCCCC. The lowest BCUT2D eigenvalue weighted by molar-refractivity contribution is -0.870. The third-order valence-corrected chi connectivity index (χ3v) is 10.9. The zero-order valence-electron chi connectivity index (χ0n) is 37.1. The van der Waals surface area contributed by atoms with Crippen molar-refractivity contribution >= 4 is 19.8 Å². The molecule has 0 aliphatic rings. The molecule has 56 heavy (non-hydrogen) atoms. The molecule has 1 unspecified atom stereocenters. The molecule has 0 saturated carbocycles. The van der Waals surface area contributed by atoms with E-state index in [0.29, 0.717) is 17.4 Å². The molecule has 0 aromatic rings. The fourth-order valence-electron chi connectivity index (χ4n) is 6.29. The highest BCUT2D eigenvalue weighted by Gasteiger charge is 2.21. The molecule has 0 bridgehead atoms. The van der Waals surface area contributed by atoms with Gasteiger partial charge in [-0.1, -0.05) is 154 Å². The first-order valence-electron chi connectivity index (χ1n) is 23.0. The van der Waals surface area contributed by atoms with Crippen LogP contribution in [0.3, 0.4) is 0 Å². The number of quaternary nitrogens is 1. The zero-order valence-corrected chi connectivity index (χ0v) is 38.0. The molecule has 0 radical (unpaired) electrons. The van der Waals surface area contributed by atoms with Crippen LogP contribution in [0.1, 0.15) is 206 Å². The molecular formula is C46H88NO8P. The van der Waals surface area contributed by atoms with Crippen molar-refractivity contribution < 1.29 is 42.1 Å². The van der Waals surface area contributed by atoms with Gasteiger partial charge in [-0.25, -0.2) is 0 Å². The number of unbranched alkanes of at least 4 members (excludes halogenated alkanes) is 24. The standard InChI is InChI=1S/C46H88NO8P/c1-6-8-10-12-14-16-18-20-22-23-25-26-28-30-32-34-36-38-45(48)52-42-44(43-54-56(50,51)53-41-40-47(3,4)5)55-46(49)39-37-35-33-31-29-27-24-21-19-17-15-13-11-9-7-2/h20,22,27,29,44H,6-19,21,23-26,28,30-43H2,1-5H3/b22-20+,29-27+/t44-/m1/s1. The van der Waals surface area contributed by atoms with Crippen LogP contribution < -0.4 is 4.89 Å². The third-order valence-electron chi connectivity index (χ3n) is 9.94. The molecule has 0 spiro atoms. The van der Waals surface area contributed by atoms with E-state index in [4.69, 9.17) is 18.5 Å². The Hall–Kier alpha value is -1.51. The molecule has 2 atom stereocenters. The van der Waals surface area contributed by atoms with Crippen LogP contribution in [-0.4, -0.2) is 70.0 Å². The first-order valence-corrected chi connectivity index (χ1v) is 24.5. The molecule has 0 N–H and O–H groups in total. The lowest BCUT2D eigenvalue weighted by Crippen LogP contribution is -2.37. The average Bonchev–Trinajstić information content (AvgIpc) is 3.15. The molecule has 0 heterocycles. The molecule has 0 aromatic carbocycles. The van der Waals surface area contributed by atoms with Gasteiger partial charge < -0.3 is 27.9 Å². The van der Waals surface area contributed by atoms with Crippen molar-refractivity contribution in [3.05, 3.63) is 24.3 Å². The molecule has 0 amide bonds. The van der Waals surface area contributed by atoms with Crippen LogP contribution in [0.4, 0.5) is 0 Å². The van der Waals surface area contributed by atoms with Crippen LogP contribution in [0.25, 0.3) is 0 Å². The quantitative estimate of drug-likeness (QED) is 0.0197. The number of phosphoric acid groups is 1. The summed E-state index contributed by atoms with van der Waals surface area (Å²) < 4.78 is 33.9. The highest BCUT2D eigenvalue weighted by atomic mass is 31.2. The second-order valence-electron chi connectivity index (χ2n) is 16.8. The Morgan fingerprint density at radius 3 is 1.34 bits per heavy atom. The maximum atomic E-state index is 12.7. The van der Waals surface area contributed by atoms with Gasteiger partial charge in [0.2, 0.25) is 0 Å². The molecule has 0 rings (SSSR count). The van der Waals surface area contributed by atoms with Gasteiger partial charge in [-0.2, -0.15) is 0 Å². The van der Waals surface area contributed by atoms with E-state index in [1.54, 1.807) is 0 Å². The number of likely N-dealkylation sites (N-methyl/N-ethyl adjacent to an activating group) is 1. The summed E-state index contributed by atoms with van der Waals surface area (Å²) in [5, 5.41) is 0. The number of phosphoric ester groups is 1. The first-order chi connectivity index (χ1) is 27.0. The number of esters is 2. The summed E-state index contributed by atoms with van der Waals surface area (Å²) in [4.78, 5) is 37.5. The van der Waals surface area contributed by atoms with Crippen LogP contribution in [0.5, 0.6) is 0 Å². The van der Waals surface area contributed by atoms with Crippen molar-refractivity contribution in [2.24, 2.45) is 0 Å². The van der Waals surface area contributed by atoms with E-state index < -0.39 is 32.5 Å². The predicted octanol–water partition coefficient (Wildman–Crippen LogP) is 12.5. The molecule has 0 fully saturated rings. The topological polar surface area (TPSA) is 111 Å². The Labute approximate surface area is 345 Å². The number of ether oxygens (including phenoxy) is 2. The highest BCUT2D eigenvalue weighted by molar-refractivity contribution is 7.45. The smallest absolute Gasteiger partial charge is 0.306 e. The minimum absolute atomic E-state index is 0.0329. The van der Waals surface area contributed by atoms with Crippen molar-refractivity contribution in [2.75, 3.05) is 47.5 Å². The Kier molecular flexibility index (Phi) is 37.9. The fraction of sp³-hybridized carbons (Fsp3) is 0.870. The van der Waals surface area contributed by atoms with Gasteiger partial charge in [0.1, 0.15) is 19.8 Å². The van der Waals surface area contributed by atoms with Gasteiger partial charge in [-0.3, -0.25) is 14.2 Å². The van der Waals surface area contributed by atoms with Crippen LogP contribution >= 0.6 is 7.82 Å². The number of carbonyl (C=O) groups is 2. The summed E-state index contributed by atoms with van der Waals surface area (Å²) in [6, 6.07) is 0. The van der Waals surface area contributed by atoms with Gasteiger partial charge in [-0.15, -0.1) is 0 Å². The second kappa shape index (κ2) is 39.0. The molecule has 9 nitrogen and oxygen atoms in total. The van der Waals surface area contributed by atoms with E-state index in [0.717, 1.165) is 57.8 Å². The molecule has 330 valence electrons. The van der Waals surface area contributed by atoms with Gasteiger partial charge in [0.15, 0.2) is 6.10 Å². The van der Waals surface area contributed by atoms with Gasteiger partial charge >= 0.3 is 11.9 Å². The first kappa shape index (κ1) is 54.5. The number of allylic oxidation sites excluding steroid dienone is 4. The van der Waals surface area contributed by atoms with Crippen molar-refractivity contribution in [1.29, 1.82) is 0 Å². The van der Waals surface area contributed by atoms with Crippen LogP contribution in [0.2, 0.25) is 0 Å². The van der Waals surface area contributed by atoms with Crippen molar-refractivity contribution in [2.45, 2.75) is 213 Å². The van der Waals surface area contributed by atoms with Crippen LogP contribution in [0, 0.1) is 0 Å². The van der Waals surface area contributed by atoms with E-state index in [-0.39, 0.29) is 26.1 Å². The minimum Gasteiger partial charge on any atom is -0.756 e. The lowest BCUT2D eigenvalue weighted by atomic mass is 10.1. The summed E-state index contributed by atoms with van der Waals surface area (Å²) in [5.41, 5.74) is 0. The zero-order chi connectivity index (χ0) is 41.4. The number of carbonyl (C=O) groups excluding carboxylic acids is 2. The maximum absolute atomic E-state index is 12.7. The predicted molar refractivity (Wildman–Crippen MR) is 231 cm³/mol. The normalized spacial score (nSPS) is 13.8. The number of nitrogens with zero attached hydrogens (tertiary/aromatic N) is 1. The second-order valence-corrected chi connectivity index (χ2v) is 18.2. The van der Waals surface area contributed by atoms with Gasteiger partial charge in [0.25, 0.3) is 7.82 Å². The van der Waals surface area contributed by atoms with E-state index >= 15 is 0 Å². The van der Waals surface area contributed by atoms with Gasteiger partial charge in [0.05, 0.1) is 27.7 Å². The summed E-state index contributed by atoms with van der Waals surface area (Å²) >= 11 is 0. The number of hydrogen-bond donors (Lipinski definition) is 0. The summed E-state index contributed by atoms with van der Waals surface area (Å²) in [6.45, 7) is 4.21. The molecular weight excluding hydrogens is 725 g/mol. The highest BCUT2D eigenvalue weighted by Crippen LogP contribution is 2.38. The van der Waals surface area contributed by atoms with E-state index in [1.165, 1.54) is 116 Å². The third kappa shape index (κ3) is 42.1. The Morgan fingerprint density at radius 2 is 0.911 bits per heavy atom. The van der Waals surface area contributed by atoms with E-state index in [9.17, 15) is 19.0 Å². The van der Waals surface area contributed by atoms with Crippen molar-refractivity contribution in [1.82, 2.24) is 0 Å². The largest absolute Gasteiger partial charge is 0.756 e. The molecule has 0 aliphatic carbocycles. The van der Waals surface area contributed by atoms with Gasteiger partial charge in [-0.05, 0) is 64.2 Å². The summed E-state index contributed by atoms with van der Waals surface area (Å²) in [6.07, 6.45) is 42.0. The molecule has 0 saturated heterocycles. The Balaban J connectivity index is 4.34. The molecule has 0 aliphatic heterocycles.